The lowest BCUT2D eigenvalue weighted by atomic mass is 9.96. The minimum Gasteiger partial charge on any atom is -0.477 e. The Hall–Kier alpha value is -1.43. The molecule has 0 aromatic carbocycles. The maximum absolute atomic E-state index is 11.1. The number of hydrogen-bond donors (Lipinski definition) is 1. The summed E-state index contributed by atoms with van der Waals surface area (Å²) < 4.78 is 5.58. The molecule has 1 saturated carbocycles. The molecule has 17 heavy (non-hydrogen) atoms. The third kappa shape index (κ3) is 2.82. The molecule has 92 valence electrons. The van der Waals surface area contributed by atoms with Crippen molar-refractivity contribution in [3.63, 3.8) is 0 Å². The van der Waals surface area contributed by atoms with Gasteiger partial charge in [-0.2, -0.15) is 0 Å². The topological polar surface area (TPSA) is 76.5 Å². The smallest absolute Gasteiger partial charge is 0.351 e. The Morgan fingerprint density at radius 3 is 2.71 bits per heavy atom. The van der Waals surface area contributed by atoms with Gasteiger partial charge in [-0.3, -0.25) is 4.79 Å². The first-order chi connectivity index (χ1) is 8.06. The summed E-state index contributed by atoms with van der Waals surface area (Å²) in [5.41, 5.74) is 0. The zero-order valence-electron chi connectivity index (χ0n) is 9.43. The number of aryl methyl sites for hydroxylation is 1. The van der Waals surface area contributed by atoms with Crippen LogP contribution < -0.4 is 4.74 Å². The zero-order chi connectivity index (χ0) is 12.4. The quantitative estimate of drug-likeness (QED) is 0.894. The first-order valence-electron chi connectivity index (χ1n) is 5.45. The largest absolute Gasteiger partial charge is 0.477 e. The van der Waals surface area contributed by atoms with Crippen molar-refractivity contribution in [2.24, 2.45) is 0 Å². The van der Waals surface area contributed by atoms with Gasteiger partial charge in [0.15, 0.2) is 4.88 Å². The highest BCUT2D eigenvalue weighted by molar-refractivity contribution is 7.13. The molecule has 0 radical (unpaired) electrons. The molecule has 0 unspecified atom stereocenters. The molecule has 0 saturated heterocycles. The van der Waals surface area contributed by atoms with Crippen LogP contribution in [0.4, 0.5) is 0 Å². The first-order valence-corrected chi connectivity index (χ1v) is 6.27. The van der Waals surface area contributed by atoms with E-state index in [0.717, 1.165) is 11.3 Å². The van der Waals surface area contributed by atoms with Crippen molar-refractivity contribution in [3.8, 4) is 5.88 Å². The van der Waals surface area contributed by atoms with Gasteiger partial charge in [0.05, 0.1) is 5.01 Å². The molecule has 0 amide bonds. The van der Waals surface area contributed by atoms with Crippen LogP contribution in [-0.2, 0) is 4.79 Å². The van der Waals surface area contributed by atoms with Crippen LogP contribution >= 0.6 is 11.3 Å². The monoisotopic (exact) mass is 255 g/mol. The number of rotatable bonds is 3. The summed E-state index contributed by atoms with van der Waals surface area (Å²) in [6, 6.07) is 0. The minimum atomic E-state index is -1.02. The van der Waals surface area contributed by atoms with Gasteiger partial charge in [0, 0.05) is 12.8 Å². The Balaban J connectivity index is 2.08. The maximum atomic E-state index is 11.1. The van der Waals surface area contributed by atoms with Crippen molar-refractivity contribution in [2.75, 3.05) is 0 Å². The highest BCUT2D eigenvalue weighted by Crippen LogP contribution is 2.28. The van der Waals surface area contributed by atoms with E-state index >= 15 is 0 Å². The lowest BCUT2D eigenvalue weighted by Gasteiger charge is -2.21. The number of hydrogen-bond acceptors (Lipinski definition) is 5. The highest BCUT2D eigenvalue weighted by Gasteiger charge is 2.24. The molecule has 0 atom stereocenters. The third-order valence-electron chi connectivity index (χ3n) is 2.67. The summed E-state index contributed by atoms with van der Waals surface area (Å²) in [6.07, 6.45) is 2.22. The molecular formula is C11H13NO4S. The van der Waals surface area contributed by atoms with Gasteiger partial charge in [-0.25, -0.2) is 9.78 Å². The number of carboxylic acid groups (broad SMARTS) is 1. The Morgan fingerprint density at radius 1 is 1.47 bits per heavy atom. The van der Waals surface area contributed by atoms with E-state index in [1.165, 1.54) is 0 Å². The Labute approximate surface area is 102 Å². The van der Waals surface area contributed by atoms with Crippen molar-refractivity contribution in [2.45, 2.75) is 38.7 Å². The van der Waals surface area contributed by atoms with Crippen LogP contribution in [0.2, 0.25) is 0 Å². The molecule has 1 heterocycles. The number of carboxylic acids is 1. The number of Topliss-reactive ketones (excluding diaryl/α,β-unsaturated/α-hetero) is 1. The van der Waals surface area contributed by atoms with Crippen LogP contribution in [0.5, 0.6) is 5.88 Å². The number of ketones is 1. The number of thiazole rings is 1. The van der Waals surface area contributed by atoms with Gasteiger partial charge in [0.25, 0.3) is 0 Å². The van der Waals surface area contributed by atoms with Crippen molar-refractivity contribution >= 4 is 23.1 Å². The number of aromatic nitrogens is 1. The van der Waals surface area contributed by atoms with Crippen LogP contribution in [0, 0.1) is 6.92 Å². The fraction of sp³-hybridized carbons (Fsp3) is 0.545. The average molecular weight is 255 g/mol. The lowest BCUT2D eigenvalue weighted by Crippen LogP contribution is -2.24. The normalized spacial score (nSPS) is 17.1. The molecule has 1 fully saturated rings. The van der Waals surface area contributed by atoms with Gasteiger partial charge in [0.1, 0.15) is 11.9 Å². The average Bonchev–Trinajstić information content (AvgIpc) is 2.63. The van der Waals surface area contributed by atoms with Gasteiger partial charge >= 0.3 is 5.97 Å². The summed E-state index contributed by atoms with van der Waals surface area (Å²) in [5.74, 6) is -0.574. The molecule has 1 aromatic rings. The zero-order valence-corrected chi connectivity index (χ0v) is 10.2. The second kappa shape index (κ2) is 4.83. The molecule has 6 heteroatoms. The summed E-state index contributed by atoms with van der Waals surface area (Å²) in [6.45, 7) is 1.74. The van der Waals surface area contributed by atoms with Crippen LogP contribution in [0.15, 0.2) is 0 Å². The molecule has 5 nitrogen and oxygen atoms in total. The summed E-state index contributed by atoms with van der Waals surface area (Å²) >= 11 is 1.11. The molecule has 2 rings (SSSR count). The summed E-state index contributed by atoms with van der Waals surface area (Å²) in [7, 11) is 0. The fourth-order valence-electron chi connectivity index (χ4n) is 1.81. The van der Waals surface area contributed by atoms with E-state index in [9.17, 15) is 9.59 Å². The van der Waals surface area contributed by atoms with Gasteiger partial charge in [-0.05, 0) is 19.8 Å². The molecule has 1 aliphatic carbocycles. The molecule has 1 aromatic heterocycles. The van der Waals surface area contributed by atoms with Crippen LogP contribution in [0.25, 0.3) is 0 Å². The number of aromatic carboxylic acids is 1. The van der Waals surface area contributed by atoms with E-state index in [4.69, 9.17) is 9.84 Å². The molecule has 1 aliphatic rings. The van der Waals surface area contributed by atoms with E-state index in [1.807, 2.05) is 0 Å². The Bertz CT molecular complexity index is 444. The number of ether oxygens (including phenoxy) is 1. The number of carbonyl (C=O) groups excluding carboxylic acids is 1. The van der Waals surface area contributed by atoms with Crippen molar-refractivity contribution in [1.29, 1.82) is 0 Å². The lowest BCUT2D eigenvalue weighted by molar-refractivity contribution is -0.121. The van der Waals surface area contributed by atoms with Crippen LogP contribution in [-0.4, -0.2) is 27.9 Å². The minimum absolute atomic E-state index is 0.0905. The van der Waals surface area contributed by atoms with E-state index in [1.54, 1.807) is 6.92 Å². The Morgan fingerprint density at radius 2 is 2.12 bits per heavy atom. The Kier molecular flexibility index (Phi) is 3.42. The standard InChI is InChI=1S/C11H13NO4S/c1-6-12-10(9(17-6)11(14)15)16-8-4-2-7(13)3-5-8/h8H,2-5H2,1H3,(H,14,15). The summed E-state index contributed by atoms with van der Waals surface area (Å²) in [5, 5.41) is 9.66. The second-order valence-electron chi connectivity index (χ2n) is 4.03. The van der Waals surface area contributed by atoms with Crippen LogP contribution in [0.3, 0.4) is 0 Å². The van der Waals surface area contributed by atoms with Gasteiger partial charge in [-0.15, -0.1) is 11.3 Å². The van der Waals surface area contributed by atoms with E-state index in [2.05, 4.69) is 4.98 Å². The van der Waals surface area contributed by atoms with E-state index in [0.29, 0.717) is 30.7 Å². The molecule has 0 spiro atoms. The fourth-order valence-corrected chi connectivity index (χ4v) is 2.50. The van der Waals surface area contributed by atoms with Gasteiger partial charge < -0.3 is 9.84 Å². The van der Waals surface area contributed by atoms with Gasteiger partial charge in [-0.1, -0.05) is 0 Å². The molecule has 0 aliphatic heterocycles. The maximum Gasteiger partial charge on any atom is 0.351 e. The van der Waals surface area contributed by atoms with Crippen molar-refractivity contribution < 1.29 is 19.4 Å². The van der Waals surface area contributed by atoms with Gasteiger partial charge in [0.2, 0.25) is 5.88 Å². The molecule has 1 N–H and O–H groups in total. The first kappa shape index (κ1) is 12.0. The number of carbonyl (C=O) groups is 2. The van der Waals surface area contributed by atoms with E-state index < -0.39 is 5.97 Å². The predicted molar refractivity (Wildman–Crippen MR) is 61.7 cm³/mol. The van der Waals surface area contributed by atoms with E-state index in [-0.39, 0.29) is 22.6 Å². The van der Waals surface area contributed by atoms with Crippen molar-refractivity contribution in [1.82, 2.24) is 4.98 Å². The summed E-state index contributed by atoms with van der Waals surface area (Å²) in [4.78, 5) is 26.3. The highest BCUT2D eigenvalue weighted by atomic mass is 32.1. The molecular weight excluding hydrogens is 242 g/mol. The van der Waals surface area contributed by atoms with Crippen molar-refractivity contribution in [3.05, 3.63) is 9.88 Å². The van der Waals surface area contributed by atoms with Crippen LogP contribution in [0.1, 0.15) is 40.4 Å². The second-order valence-corrected chi connectivity index (χ2v) is 5.23. The third-order valence-corrected chi connectivity index (χ3v) is 3.61. The number of nitrogens with zero attached hydrogens (tertiary/aromatic N) is 1. The SMILES string of the molecule is Cc1nc(OC2CCC(=O)CC2)c(C(=O)O)s1. The molecule has 0 bridgehead atoms. The predicted octanol–water partition coefficient (Wildman–Crippen LogP) is 2.04.